The summed E-state index contributed by atoms with van der Waals surface area (Å²) in [5.41, 5.74) is 1.72. The average Bonchev–Trinajstić information content (AvgIpc) is 2.86. The third-order valence-corrected chi connectivity index (χ3v) is 2.96. The molecule has 1 aliphatic rings. The van der Waals surface area contributed by atoms with Crippen LogP contribution in [0, 0.1) is 0 Å². The maximum atomic E-state index is 12.0. The SMILES string of the molecule is O=C(Nc1ccc2c(c1)CCO2)c1cccc(=O)[nH]1. The van der Waals surface area contributed by atoms with E-state index in [9.17, 15) is 9.59 Å². The van der Waals surface area contributed by atoms with Gasteiger partial charge < -0.3 is 15.0 Å². The Bertz CT molecular complexity index is 691. The van der Waals surface area contributed by atoms with E-state index >= 15 is 0 Å². The minimum absolute atomic E-state index is 0.240. The van der Waals surface area contributed by atoms with Crippen LogP contribution >= 0.6 is 0 Å². The number of rotatable bonds is 2. The molecule has 1 aromatic carbocycles. The Morgan fingerprint density at radius 2 is 2.16 bits per heavy atom. The second kappa shape index (κ2) is 4.61. The summed E-state index contributed by atoms with van der Waals surface area (Å²) in [5, 5.41) is 2.75. The fraction of sp³-hybridized carbons (Fsp3) is 0.143. The molecule has 0 aliphatic carbocycles. The Balaban J connectivity index is 1.82. The van der Waals surface area contributed by atoms with E-state index in [4.69, 9.17) is 4.74 Å². The van der Waals surface area contributed by atoms with E-state index in [2.05, 4.69) is 10.3 Å². The molecular weight excluding hydrogens is 244 g/mol. The molecule has 2 N–H and O–H groups in total. The Labute approximate surface area is 109 Å². The molecule has 0 spiro atoms. The predicted molar refractivity (Wildman–Crippen MR) is 70.7 cm³/mol. The van der Waals surface area contributed by atoms with Gasteiger partial charge in [-0.25, -0.2) is 0 Å². The topological polar surface area (TPSA) is 71.2 Å². The first kappa shape index (κ1) is 11.5. The van der Waals surface area contributed by atoms with E-state index in [-0.39, 0.29) is 17.2 Å². The van der Waals surface area contributed by atoms with Crippen LogP contribution in [0.25, 0.3) is 0 Å². The van der Waals surface area contributed by atoms with Crippen LogP contribution in [0.3, 0.4) is 0 Å². The summed E-state index contributed by atoms with van der Waals surface area (Å²) in [6, 6.07) is 9.98. The first-order chi connectivity index (χ1) is 9.22. The Morgan fingerprint density at radius 1 is 1.26 bits per heavy atom. The predicted octanol–water partition coefficient (Wildman–Crippen LogP) is 1.56. The number of nitrogens with one attached hydrogen (secondary N) is 2. The zero-order valence-corrected chi connectivity index (χ0v) is 10.1. The number of anilines is 1. The van der Waals surface area contributed by atoms with Crippen LogP contribution in [0.4, 0.5) is 5.69 Å². The van der Waals surface area contributed by atoms with Crippen molar-refractivity contribution in [2.45, 2.75) is 6.42 Å². The lowest BCUT2D eigenvalue weighted by atomic mass is 10.1. The molecule has 2 heterocycles. The van der Waals surface area contributed by atoms with Gasteiger partial charge in [-0.05, 0) is 29.8 Å². The number of ether oxygens (including phenoxy) is 1. The molecule has 5 nitrogen and oxygen atoms in total. The number of fused-ring (bicyclic) bond motifs is 1. The van der Waals surface area contributed by atoms with Crippen molar-refractivity contribution in [1.29, 1.82) is 0 Å². The van der Waals surface area contributed by atoms with Gasteiger partial charge in [-0.3, -0.25) is 9.59 Å². The molecule has 0 atom stereocenters. The molecular formula is C14H12N2O3. The molecule has 1 amide bonds. The summed E-state index contributed by atoms with van der Waals surface area (Å²) in [4.78, 5) is 25.6. The number of H-pyrrole nitrogens is 1. The number of carbonyl (C=O) groups excluding carboxylic acids is 1. The Morgan fingerprint density at radius 3 is 3.00 bits per heavy atom. The van der Waals surface area contributed by atoms with E-state index in [1.165, 1.54) is 6.07 Å². The van der Waals surface area contributed by atoms with Crippen molar-refractivity contribution in [1.82, 2.24) is 4.98 Å². The summed E-state index contributed by atoms with van der Waals surface area (Å²) < 4.78 is 5.40. The number of hydrogen-bond acceptors (Lipinski definition) is 3. The first-order valence-corrected chi connectivity index (χ1v) is 5.99. The highest BCUT2D eigenvalue weighted by Gasteiger charge is 2.13. The second-order valence-electron chi connectivity index (χ2n) is 4.30. The van der Waals surface area contributed by atoms with Crippen molar-refractivity contribution in [3.8, 4) is 5.75 Å². The van der Waals surface area contributed by atoms with Gasteiger partial charge in [0.25, 0.3) is 5.91 Å². The lowest BCUT2D eigenvalue weighted by Gasteiger charge is -2.06. The van der Waals surface area contributed by atoms with Gasteiger partial charge in [0.1, 0.15) is 11.4 Å². The summed E-state index contributed by atoms with van der Waals surface area (Å²) in [6.07, 6.45) is 0.848. The third-order valence-electron chi connectivity index (χ3n) is 2.96. The van der Waals surface area contributed by atoms with Gasteiger partial charge >= 0.3 is 0 Å². The molecule has 0 bridgehead atoms. The van der Waals surface area contributed by atoms with E-state index in [0.29, 0.717) is 12.3 Å². The van der Waals surface area contributed by atoms with Gasteiger partial charge in [-0.15, -0.1) is 0 Å². The van der Waals surface area contributed by atoms with Crippen LogP contribution in [0.1, 0.15) is 16.1 Å². The van der Waals surface area contributed by atoms with Gasteiger partial charge in [-0.1, -0.05) is 6.07 Å². The first-order valence-electron chi connectivity index (χ1n) is 5.99. The summed E-state index contributed by atoms with van der Waals surface area (Å²) in [5.74, 6) is 0.530. The molecule has 5 heteroatoms. The van der Waals surface area contributed by atoms with Gasteiger partial charge in [0.2, 0.25) is 5.56 Å². The Hall–Kier alpha value is -2.56. The summed E-state index contributed by atoms with van der Waals surface area (Å²) in [7, 11) is 0. The number of pyridine rings is 1. The normalized spacial score (nSPS) is 12.6. The molecule has 1 aromatic heterocycles. The Kier molecular flexibility index (Phi) is 2.79. The third kappa shape index (κ3) is 2.35. The van der Waals surface area contributed by atoms with Crippen LogP contribution in [0.15, 0.2) is 41.2 Å². The van der Waals surface area contributed by atoms with Crippen molar-refractivity contribution >= 4 is 11.6 Å². The zero-order chi connectivity index (χ0) is 13.2. The molecule has 0 radical (unpaired) electrons. The van der Waals surface area contributed by atoms with Gasteiger partial charge in [0, 0.05) is 18.2 Å². The highest BCUT2D eigenvalue weighted by Crippen LogP contribution is 2.27. The fourth-order valence-electron chi connectivity index (χ4n) is 2.04. The largest absolute Gasteiger partial charge is 0.493 e. The standard InChI is InChI=1S/C14H12N2O3/c17-13-3-1-2-11(16-13)14(18)15-10-4-5-12-9(8-10)6-7-19-12/h1-5,8H,6-7H2,(H,15,18)(H,16,17). The van der Waals surface area contributed by atoms with Crippen LogP contribution < -0.4 is 15.6 Å². The van der Waals surface area contributed by atoms with Crippen LogP contribution in [-0.2, 0) is 6.42 Å². The summed E-state index contributed by atoms with van der Waals surface area (Å²) >= 11 is 0. The minimum atomic E-state index is -0.337. The lowest BCUT2D eigenvalue weighted by molar-refractivity contribution is 0.102. The van der Waals surface area contributed by atoms with Gasteiger partial charge in [-0.2, -0.15) is 0 Å². The smallest absolute Gasteiger partial charge is 0.272 e. The second-order valence-corrected chi connectivity index (χ2v) is 4.30. The monoisotopic (exact) mass is 256 g/mol. The fourth-order valence-corrected chi connectivity index (χ4v) is 2.04. The van der Waals surface area contributed by atoms with E-state index in [0.717, 1.165) is 17.7 Å². The number of hydrogen-bond donors (Lipinski definition) is 2. The van der Waals surface area contributed by atoms with Crippen molar-refractivity contribution in [3.05, 3.63) is 58.0 Å². The summed E-state index contributed by atoms with van der Waals surface area (Å²) in [6.45, 7) is 0.679. The van der Waals surface area contributed by atoms with Crippen molar-refractivity contribution in [2.24, 2.45) is 0 Å². The minimum Gasteiger partial charge on any atom is -0.493 e. The number of carbonyl (C=O) groups is 1. The maximum Gasteiger partial charge on any atom is 0.272 e. The molecule has 3 rings (SSSR count). The molecule has 0 fully saturated rings. The van der Waals surface area contributed by atoms with E-state index < -0.39 is 0 Å². The molecule has 0 unspecified atom stereocenters. The van der Waals surface area contributed by atoms with Crippen LogP contribution in [0.2, 0.25) is 0 Å². The molecule has 0 saturated heterocycles. The lowest BCUT2D eigenvalue weighted by Crippen LogP contribution is -2.17. The van der Waals surface area contributed by atoms with Gasteiger partial charge in [0.05, 0.1) is 6.61 Å². The zero-order valence-electron chi connectivity index (χ0n) is 10.1. The van der Waals surface area contributed by atoms with Crippen LogP contribution in [0.5, 0.6) is 5.75 Å². The number of aromatic amines is 1. The maximum absolute atomic E-state index is 12.0. The number of aromatic nitrogens is 1. The van der Waals surface area contributed by atoms with Crippen molar-refractivity contribution < 1.29 is 9.53 Å². The molecule has 2 aromatic rings. The van der Waals surface area contributed by atoms with E-state index in [1.54, 1.807) is 18.2 Å². The van der Waals surface area contributed by atoms with Crippen molar-refractivity contribution in [2.75, 3.05) is 11.9 Å². The highest BCUT2D eigenvalue weighted by molar-refractivity contribution is 6.02. The molecule has 19 heavy (non-hydrogen) atoms. The molecule has 0 saturated carbocycles. The van der Waals surface area contributed by atoms with Crippen molar-refractivity contribution in [3.63, 3.8) is 0 Å². The van der Waals surface area contributed by atoms with E-state index in [1.807, 2.05) is 12.1 Å². The number of amides is 1. The highest BCUT2D eigenvalue weighted by atomic mass is 16.5. The van der Waals surface area contributed by atoms with Gasteiger partial charge in [0.15, 0.2) is 0 Å². The molecule has 96 valence electrons. The quantitative estimate of drug-likeness (QED) is 0.856. The average molecular weight is 256 g/mol. The molecule has 1 aliphatic heterocycles. The number of benzene rings is 1. The van der Waals surface area contributed by atoms with Crippen LogP contribution in [-0.4, -0.2) is 17.5 Å².